The lowest BCUT2D eigenvalue weighted by Gasteiger charge is -2.22. The molecule has 4 heteroatoms. The third kappa shape index (κ3) is 2.57. The molecule has 0 bridgehead atoms. The first-order valence-corrected chi connectivity index (χ1v) is 6.01. The first kappa shape index (κ1) is 11.3. The van der Waals surface area contributed by atoms with Gasteiger partial charge in [-0.1, -0.05) is 36.4 Å². The molecule has 0 unspecified atom stereocenters. The van der Waals surface area contributed by atoms with Crippen LogP contribution >= 0.6 is 0 Å². The maximum atomic E-state index is 5.91. The van der Waals surface area contributed by atoms with Crippen molar-refractivity contribution in [3.05, 3.63) is 72.9 Å². The molecule has 19 heavy (non-hydrogen) atoms. The molecule has 0 saturated heterocycles. The SMILES string of the molecule is c1ccc(ON(c2ccccc2)c2ccn[nH]2)cc1. The van der Waals surface area contributed by atoms with Gasteiger partial charge in [-0.25, -0.2) is 0 Å². The average Bonchev–Trinajstić information content (AvgIpc) is 3.01. The summed E-state index contributed by atoms with van der Waals surface area (Å²) in [6.07, 6.45) is 1.69. The van der Waals surface area contributed by atoms with Crippen molar-refractivity contribution in [2.45, 2.75) is 0 Å². The number of H-pyrrole nitrogens is 1. The van der Waals surface area contributed by atoms with Gasteiger partial charge in [0.25, 0.3) is 0 Å². The molecule has 0 aliphatic carbocycles. The third-order valence-corrected chi connectivity index (χ3v) is 2.64. The monoisotopic (exact) mass is 251 g/mol. The first-order valence-electron chi connectivity index (χ1n) is 6.01. The van der Waals surface area contributed by atoms with Crippen LogP contribution < -0.4 is 9.90 Å². The highest BCUT2D eigenvalue weighted by molar-refractivity contribution is 5.57. The highest BCUT2D eigenvalue weighted by Crippen LogP contribution is 2.25. The number of para-hydroxylation sites is 2. The van der Waals surface area contributed by atoms with Gasteiger partial charge in [0.05, 0.1) is 11.9 Å². The largest absolute Gasteiger partial charge is 0.373 e. The van der Waals surface area contributed by atoms with Crippen LogP contribution in [0.4, 0.5) is 11.5 Å². The Hall–Kier alpha value is -2.75. The lowest BCUT2D eigenvalue weighted by molar-refractivity contribution is 0.320. The van der Waals surface area contributed by atoms with Crippen LogP contribution in [0.5, 0.6) is 5.75 Å². The number of hydrogen-bond donors (Lipinski definition) is 1. The predicted molar refractivity (Wildman–Crippen MR) is 74.2 cm³/mol. The Morgan fingerprint density at radius 1 is 0.842 bits per heavy atom. The Morgan fingerprint density at radius 3 is 2.16 bits per heavy atom. The third-order valence-electron chi connectivity index (χ3n) is 2.64. The van der Waals surface area contributed by atoms with E-state index in [1.54, 1.807) is 11.3 Å². The molecule has 2 aromatic carbocycles. The quantitative estimate of drug-likeness (QED) is 0.721. The van der Waals surface area contributed by atoms with Crippen LogP contribution in [-0.4, -0.2) is 10.2 Å². The van der Waals surface area contributed by atoms with Crippen LogP contribution in [0.1, 0.15) is 0 Å². The molecular formula is C15H13N3O. The second-order valence-electron chi connectivity index (χ2n) is 3.98. The van der Waals surface area contributed by atoms with Gasteiger partial charge in [-0.2, -0.15) is 10.2 Å². The van der Waals surface area contributed by atoms with E-state index in [0.717, 1.165) is 17.3 Å². The molecule has 0 aliphatic rings. The fourth-order valence-corrected chi connectivity index (χ4v) is 1.75. The van der Waals surface area contributed by atoms with Crippen LogP contribution in [0.3, 0.4) is 0 Å². The molecule has 0 aliphatic heterocycles. The number of aromatic amines is 1. The number of nitrogens with zero attached hydrogens (tertiary/aromatic N) is 2. The summed E-state index contributed by atoms with van der Waals surface area (Å²) in [7, 11) is 0. The van der Waals surface area contributed by atoms with E-state index in [0.29, 0.717) is 0 Å². The molecule has 1 heterocycles. The molecule has 0 radical (unpaired) electrons. The average molecular weight is 251 g/mol. The Morgan fingerprint density at radius 2 is 1.53 bits per heavy atom. The summed E-state index contributed by atoms with van der Waals surface area (Å²) in [5.74, 6) is 1.54. The van der Waals surface area contributed by atoms with E-state index in [2.05, 4.69) is 10.2 Å². The summed E-state index contributed by atoms with van der Waals surface area (Å²) in [5.41, 5.74) is 0.926. The van der Waals surface area contributed by atoms with Crippen molar-refractivity contribution >= 4 is 11.5 Å². The molecule has 1 N–H and O–H groups in total. The van der Waals surface area contributed by atoms with E-state index < -0.39 is 0 Å². The highest BCUT2D eigenvalue weighted by atomic mass is 16.7. The molecule has 0 spiro atoms. The molecule has 1 aromatic heterocycles. The summed E-state index contributed by atoms with van der Waals surface area (Å²) in [4.78, 5) is 5.91. The summed E-state index contributed by atoms with van der Waals surface area (Å²) in [6.45, 7) is 0. The molecule has 4 nitrogen and oxygen atoms in total. The minimum Gasteiger partial charge on any atom is -0.373 e. The number of rotatable bonds is 4. The van der Waals surface area contributed by atoms with E-state index in [4.69, 9.17) is 4.84 Å². The molecular weight excluding hydrogens is 238 g/mol. The second-order valence-corrected chi connectivity index (χ2v) is 3.98. The number of benzene rings is 2. The maximum Gasteiger partial charge on any atom is 0.165 e. The van der Waals surface area contributed by atoms with Gasteiger partial charge in [0.2, 0.25) is 0 Å². The van der Waals surface area contributed by atoms with Gasteiger partial charge in [0.1, 0.15) is 0 Å². The van der Waals surface area contributed by atoms with E-state index in [9.17, 15) is 0 Å². The fraction of sp³-hybridized carbons (Fsp3) is 0. The van der Waals surface area contributed by atoms with Crippen molar-refractivity contribution in [2.75, 3.05) is 5.06 Å². The summed E-state index contributed by atoms with van der Waals surface area (Å²) in [6, 6.07) is 21.4. The van der Waals surface area contributed by atoms with Gasteiger partial charge in [0, 0.05) is 6.07 Å². The lowest BCUT2D eigenvalue weighted by atomic mass is 10.3. The Balaban J connectivity index is 1.94. The van der Waals surface area contributed by atoms with Gasteiger partial charge < -0.3 is 4.84 Å². The first-order chi connectivity index (χ1) is 9.43. The predicted octanol–water partition coefficient (Wildman–Crippen LogP) is 3.54. The minimum atomic E-state index is 0.765. The molecule has 0 amide bonds. The minimum absolute atomic E-state index is 0.765. The summed E-state index contributed by atoms with van der Waals surface area (Å²) in [5, 5.41) is 8.58. The van der Waals surface area contributed by atoms with E-state index in [1.807, 2.05) is 66.7 Å². The number of hydrogen-bond acceptors (Lipinski definition) is 3. The fourth-order valence-electron chi connectivity index (χ4n) is 1.75. The second kappa shape index (κ2) is 5.27. The maximum absolute atomic E-state index is 5.91. The zero-order valence-electron chi connectivity index (χ0n) is 10.2. The molecule has 3 aromatic rings. The molecule has 0 saturated carbocycles. The van der Waals surface area contributed by atoms with Crippen molar-refractivity contribution in [1.82, 2.24) is 10.2 Å². The van der Waals surface area contributed by atoms with E-state index in [-0.39, 0.29) is 0 Å². The molecule has 94 valence electrons. The Kier molecular flexibility index (Phi) is 3.14. The Bertz CT molecular complexity index is 608. The lowest BCUT2D eigenvalue weighted by Crippen LogP contribution is -2.21. The van der Waals surface area contributed by atoms with Crippen molar-refractivity contribution in [1.29, 1.82) is 0 Å². The molecule has 3 rings (SSSR count). The highest BCUT2D eigenvalue weighted by Gasteiger charge is 2.12. The van der Waals surface area contributed by atoms with Crippen molar-refractivity contribution in [3.8, 4) is 5.75 Å². The topological polar surface area (TPSA) is 41.1 Å². The van der Waals surface area contributed by atoms with Crippen LogP contribution in [0.2, 0.25) is 0 Å². The molecule has 0 atom stereocenters. The van der Waals surface area contributed by atoms with Crippen LogP contribution in [0.15, 0.2) is 72.9 Å². The van der Waals surface area contributed by atoms with Crippen molar-refractivity contribution in [2.24, 2.45) is 0 Å². The van der Waals surface area contributed by atoms with Gasteiger partial charge in [0.15, 0.2) is 11.6 Å². The van der Waals surface area contributed by atoms with E-state index >= 15 is 0 Å². The smallest absolute Gasteiger partial charge is 0.165 e. The Labute approximate surface area is 111 Å². The zero-order chi connectivity index (χ0) is 12.9. The number of nitrogens with one attached hydrogen (secondary N) is 1. The van der Waals surface area contributed by atoms with E-state index in [1.165, 1.54) is 0 Å². The summed E-state index contributed by atoms with van der Waals surface area (Å²) < 4.78 is 0. The van der Waals surface area contributed by atoms with Gasteiger partial charge in [-0.3, -0.25) is 5.10 Å². The van der Waals surface area contributed by atoms with Crippen molar-refractivity contribution < 1.29 is 4.84 Å². The van der Waals surface area contributed by atoms with Crippen LogP contribution in [0, 0.1) is 0 Å². The normalized spacial score (nSPS) is 10.1. The van der Waals surface area contributed by atoms with Gasteiger partial charge in [-0.15, -0.1) is 0 Å². The van der Waals surface area contributed by atoms with Gasteiger partial charge >= 0.3 is 0 Å². The van der Waals surface area contributed by atoms with Crippen LogP contribution in [-0.2, 0) is 0 Å². The standard InChI is InChI=1S/C15H13N3O/c1-3-7-13(8-4-1)18(15-11-12-16-17-15)19-14-9-5-2-6-10-14/h1-12H,(H,16,17). The van der Waals surface area contributed by atoms with Gasteiger partial charge in [-0.05, 0) is 24.3 Å². The number of aromatic nitrogens is 2. The molecule has 0 fully saturated rings. The number of anilines is 2. The van der Waals surface area contributed by atoms with Crippen molar-refractivity contribution in [3.63, 3.8) is 0 Å². The van der Waals surface area contributed by atoms with Crippen LogP contribution in [0.25, 0.3) is 0 Å². The zero-order valence-corrected chi connectivity index (χ0v) is 10.2. The summed E-state index contributed by atoms with van der Waals surface area (Å²) >= 11 is 0.